The number of aliphatic hydroxyl groups is 1. The number of rotatable bonds is 7. The van der Waals surface area contributed by atoms with Crippen LogP contribution in [-0.2, 0) is 24.3 Å². The molecular formula is C12H22N2O6S. The molecule has 1 amide bonds. The molecule has 1 aliphatic rings. The summed E-state index contributed by atoms with van der Waals surface area (Å²) in [6.07, 6.45) is 0.0683. The minimum Gasteiger partial charge on any atom is -0.467 e. The summed E-state index contributed by atoms with van der Waals surface area (Å²) < 4.78 is 29.7. The third-order valence-corrected chi connectivity index (χ3v) is 5.34. The quantitative estimate of drug-likeness (QED) is 0.572. The van der Waals surface area contributed by atoms with Gasteiger partial charge in [0, 0.05) is 6.54 Å². The molecule has 0 aromatic heterocycles. The van der Waals surface area contributed by atoms with Gasteiger partial charge in [-0.3, -0.25) is 4.79 Å². The Balaban J connectivity index is 2.63. The first kappa shape index (κ1) is 17.9. The lowest BCUT2D eigenvalue weighted by atomic mass is 10.2. The van der Waals surface area contributed by atoms with Crippen molar-refractivity contribution in [1.82, 2.24) is 9.62 Å². The molecule has 1 saturated heterocycles. The van der Waals surface area contributed by atoms with Crippen molar-refractivity contribution in [1.29, 1.82) is 0 Å². The lowest BCUT2D eigenvalue weighted by molar-refractivity contribution is -0.150. The Labute approximate surface area is 124 Å². The van der Waals surface area contributed by atoms with E-state index in [-0.39, 0.29) is 12.3 Å². The number of hydrogen-bond acceptors (Lipinski definition) is 6. The summed E-state index contributed by atoms with van der Waals surface area (Å²) in [7, 11) is -2.32. The first-order chi connectivity index (χ1) is 9.83. The number of aliphatic hydroxyl groups excluding tert-OH is 1. The maximum absolute atomic E-state index is 12.1. The third-order valence-electron chi connectivity index (χ3n) is 3.27. The van der Waals surface area contributed by atoms with Crippen molar-refractivity contribution in [3.63, 3.8) is 0 Å². The van der Waals surface area contributed by atoms with Gasteiger partial charge in [-0.25, -0.2) is 13.2 Å². The molecule has 1 heterocycles. The lowest BCUT2D eigenvalue weighted by Crippen LogP contribution is -2.48. The second-order valence-electron chi connectivity index (χ2n) is 4.87. The minimum absolute atomic E-state index is 0.00155. The molecule has 0 aromatic carbocycles. The first-order valence-corrected chi connectivity index (χ1v) is 8.47. The molecular weight excluding hydrogens is 300 g/mol. The number of ether oxygens (including phenoxy) is 1. The standard InChI is InChI=1S/C12H22N2O6S/c1-3-7-21(18,19)14-6-4-5-9(14)11(16)13-8-10(15)12(17)20-2/h9-10,15H,3-8H2,1-2H3,(H,13,16). The summed E-state index contributed by atoms with van der Waals surface area (Å²) in [5.41, 5.74) is 0. The van der Waals surface area contributed by atoms with Gasteiger partial charge in [0.2, 0.25) is 15.9 Å². The zero-order chi connectivity index (χ0) is 16.0. The largest absolute Gasteiger partial charge is 0.467 e. The maximum Gasteiger partial charge on any atom is 0.336 e. The minimum atomic E-state index is -3.45. The number of nitrogens with one attached hydrogen (secondary N) is 1. The van der Waals surface area contributed by atoms with E-state index in [1.807, 2.05) is 0 Å². The number of carbonyl (C=O) groups excluding carboxylic acids is 2. The van der Waals surface area contributed by atoms with Gasteiger partial charge in [0.25, 0.3) is 0 Å². The highest BCUT2D eigenvalue weighted by molar-refractivity contribution is 7.89. The van der Waals surface area contributed by atoms with Crippen molar-refractivity contribution in [2.45, 2.75) is 38.3 Å². The average Bonchev–Trinajstić information content (AvgIpc) is 2.93. The summed E-state index contributed by atoms with van der Waals surface area (Å²) in [5.74, 6) is -1.35. The van der Waals surface area contributed by atoms with E-state index < -0.39 is 34.0 Å². The monoisotopic (exact) mass is 322 g/mol. The second-order valence-corrected chi connectivity index (χ2v) is 6.91. The van der Waals surface area contributed by atoms with Crippen LogP contribution in [0, 0.1) is 0 Å². The number of methoxy groups -OCH3 is 1. The van der Waals surface area contributed by atoms with E-state index in [0.717, 1.165) is 7.11 Å². The van der Waals surface area contributed by atoms with Crippen LogP contribution in [0.25, 0.3) is 0 Å². The fourth-order valence-corrected chi connectivity index (χ4v) is 3.99. The van der Waals surface area contributed by atoms with Gasteiger partial charge in [-0.15, -0.1) is 0 Å². The predicted octanol–water partition coefficient (Wildman–Crippen LogP) is -1.16. The Kier molecular flexibility index (Phi) is 6.56. The van der Waals surface area contributed by atoms with Gasteiger partial charge in [-0.1, -0.05) is 6.92 Å². The van der Waals surface area contributed by atoms with Crippen molar-refractivity contribution in [2.24, 2.45) is 0 Å². The zero-order valence-electron chi connectivity index (χ0n) is 12.2. The molecule has 122 valence electrons. The highest BCUT2D eigenvalue weighted by Crippen LogP contribution is 2.21. The highest BCUT2D eigenvalue weighted by Gasteiger charge is 2.38. The number of carbonyl (C=O) groups is 2. The van der Waals surface area contributed by atoms with Gasteiger partial charge in [0.15, 0.2) is 6.10 Å². The molecule has 0 radical (unpaired) electrons. The normalized spacial score (nSPS) is 21.0. The van der Waals surface area contributed by atoms with E-state index in [1.165, 1.54) is 4.31 Å². The van der Waals surface area contributed by atoms with E-state index >= 15 is 0 Å². The van der Waals surface area contributed by atoms with Gasteiger partial charge in [-0.2, -0.15) is 4.31 Å². The second kappa shape index (κ2) is 7.71. The summed E-state index contributed by atoms with van der Waals surface area (Å²) >= 11 is 0. The molecule has 0 saturated carbocycles. The Morgan fingerprint density at radius 3 is 2.71 bits per heavy atom. The molecule has 2 atom stereocenters. The van der Waals surface area contributed by atoms with Crippen LogP contribution in [0.15, 0.2) is 0 Å². The van der Waals surface area contributed by atoms with Gasteiger partial charge in [0.1, 0.15) is 6.04 Å². The number of sulfonamides is 1. The number of amides is 1. The van der Waals surface area contributed by atoms with Gasteiger partial charge in [-0.05, 0) is 19.3 Å². The van der Waals surface area contributed by atoms with Gasteiger partial charge < -0.3 is 15.2 Å². The van der Waals surface area contributed by atoms with E-state index in [9.17, 15) is 23.1 Å². The topological polar surface area (TPSA) is 113 Å². The molecule has 0 aliphatic carbocycles. The van der Waals surface area contributed by atoms with Crippen LogP contribution in [-0.4, -0.2) is 67.8 Å². The third kappa shape index (κ3) is 4.65. The molecule has 1 rings (SSSR count). The molecule has 1 fully saturated rings. The Morgan fingerprint density at radius 2 is 2.14 bits per heavy atom. The van der Waals surface area contributed by atoms with Crippen molar-refractivity contribution in [3.05, 3.63) is 0 Å². The molecule has 0 aromatic rings. The van der Waals surface area contributed by atoms with E-state index in [2.05, 4.69) is 10.1 Å². The lowest BCUT2D eigenvalue weighted by Gasteiger charge is -2.23. The molecule has 2 N–H and O–H groups in total. The van der Waals surface area contributed by atoms with Crippen LogP contribution in [0.3, 0.4) is 0 Å². The summed E-state index contributed by atoms with van der Waals surface area (Å²) in [6, 6.07) is -0.772. The number of nitrogens with zero attached hydrogens (tertiary/aromatic N) is 1. The average molecular weight is 322 g/mol. The Morgan fingerprint density at radius 1 is 1.48 bits per heavy atom. The molecule has 2 unspecified atom stereocenters. The molecule has 8 nitrogen and oxygen atoms in total. The van der Waals surface area contributed by atoms with Gasteiger partial charge >= 0.3 is 5.97 Å². The van der Waals surface area contributed by atoms with Crippen LogP contribution < -0.4 is 5.32 Å². The fraction of sp³-hybridized carbons (Fsp3) is 0.833. The van der Waals surface area contributed by atoms with Crippen molar-refractivity contribution >= 4 is 21.9 Å². The zero-order valence-corrected chi connectivity index (χ0v) is 13.1. The van der Waals surface area contributed by atoms with Crippen LogP contribution >= 0.6 is 0 Å². The Hall–Kier alpha value is -1.19. The molecule has 21 heavy (non-hydrogen) atoms. The number of hydrogen-bond donors (Lipinski definition) is 2. The van der Waals surface area contributed by atoms with Crippen LogP contribution in [0.1, 0.15) is 26.2 Å². The van der Waals surface area contributed by atoms with Crippen LogP contribution in [0.2, 0.25) is 0 Å². The highest BCUT2D eigenvalue weighted by atomic mass is 32.2. The van der Waals surface area contributed by atoms with Crippen molar-refractivity contribution in [2.75, 3.05) is 26.0 Å². The smallest absolute Gasteiger partial charge is 0.336 e. The summed E-state index contributed by atoms with van der Waals surface area (Å²) in [4.78, 5) is 23.1. The van der Waals surface area contributed by atoms with Gasteiger partial charge in [0.05, 0.1) is 19.4 Å². The molecule has 9 heteroatoms. The van der Waals surface area contributed by atoms with E-state index in [1.54, 1.807) is 6.92 Å². The summed E-state index contributed by atoms with van der Waals surface area (Å²) in [6.45, 7) is 1.78. The SMILES string of the molecule is CCCS(=O)(=O)N1CCCC1C(=O)NCC(O)C(=O)OC. The maximum atomic E-state index is 12.1. The molecule has 0 bridgehead atoms. The van der Waals surface area contributed by atoms with Crippen molar-refractivity contribution in [3.8, 4) is 0 Å². The van der Waals surface area contributed by atoms with E-state index in [4.69, 9.17) is 0 Å². The predicted molar refractivity (Wildman–Crippen MR) is 74.8 cm³/mol. The molecule has 0 spiro atoms. The van der Waals surface area contributed by atoms with Crippen molar-refractivity contribution < 1.29 is 27.9 Å². The summed E-state index contributed by atoms with van der Waals surface area (Å²) in [5, 5.41) is 11.8. The van der Waals surface area contributed by atoms with Crippen LogP contribution in [0.5, 0.6) is 0 Å². The molecule has 1 aliphatic heterocycles. The first-order valence-electron chi connectivity index (χ1n) is 6.86. The number of esters is 1. The van der Waals surface area contributed by atoms with Crippen LogP contribution in [0.4, 0.5) is 0 Å². The fourth-order valence-electron chi connectivity index (χ4n) is 2.24. The van der Waals surface area contributed by atoms with E-state index in [0.29, 0.717) is 25.8 Å². The Bertz CT molecular complexity index is 478.